The van der Waals surface area contributed by atoms with Crippen LogP contribution in [-0.4, -0.2) is 35.1 Å². The summed E-state index contributed by atoms with van der Waals surface area (Å²) in [4.78, 5) is 23.9. The fourth-order valence-corrected chi connectivity index (χ4v) is 2.24. The molecule has 5 nitrogen and oxygen atoms in total. The molecule has 0 unspecified atom stereocenters. The third-order valence-corrected chi connectivity index (χ3v) is 3.44. The Hall–Kier alpha value is -1.46. The molecule has 2 amide bonds. The van der Waals surface area contributed by atoms with Gasteiger partial charge in [-0.1, -0.05) is 23.2 Å². The van der Waals surface area contributed by atoms with Gasteiger partial charge in [0.05, 0.1) is 17.1 Å². The monoisotopic (exact) mass is 302 g/mol. The van der Waals surface area contributed by atoms with Crippen LogP contribution in [0.25, 0.3) is 0 Å². The molecule has 0 aromatic heterocycles. The minimum absolute atomic E-state index is 0.0260. The molecule has 1 aliphatic rings. The molecule has 1 fully saturated rings. The lowest BCUT2D eigenvalue weighted by Gasteiger charge is -2.38. The van der Waals surface area contributed by atoms with Crippen LogP contribution in [0.2, 0.25) is 10.0 Å². The molecule has 0 aliphatic carbocycles. The van der Waals surface area contributed by atoms with Crippen molar-refractivity contribution in [3.8, 4) is 0 Å². The van der Waals surface area contributed by atoms with Gasteiger partial charge in [-0.2, -0.15) is 0 Å². The predicted octanol–water partition coefficient (Wildman–Crippen LogP) is 2.93. The molecular weight excluding hydrogens is 291 g/mol. The van der Waals surface area contributed by atoms with Crippen LogP contribution in [0.15, 0.2) is 18.2 Å². The number of carboxylic acid groups (broad SMARTS) is 1. The van der Waals surface area contributed by atoms with Crippen LogP contribution in [0.3, 0.4) is 0 Å². The van der Waals surface area contributed by atoms with Gasteiger partial charge < -0.3 is 15.3 Å². The van der Waals surface area contributed by atoms with Gasteiger partial charge >= 0.3 is 12.0 Å². The van der Waals surface area contributed by atoms with Crippen LogP contribution in [0.1, 0.15) is 6.42 Å². The molecule has 1 saturated heterocycles. The first-order valence-electron chi connectivity index (χ1n) is 5.68. The molecule has 1 aromatic rings. The lowest BCUT2D eigenvalue weighted by atomic mass is 9.97. The van der Waals surface area contributed by atoms with Crippen LogP contribution < -0.4 is 5.32 Å². The van der Waals surface area contributed by atoms with E-state index in [0.717, 1.165) is 0 Å². The van der Waals surface area contributed by atoms with E-state index in [1.807, 2.05) is 0 Å². The van der Waals surface area contributed by atoms with Crippen molar-refractivity contribution in [3.63, 3.8) is 0 Å². The number of carbonyl (C=O) groups excluding carboxylic acids is 1. The minimum atomic E-state index is -0.844. The average molecular weight is 303 g/mol. The number of aliphatic carboxylic acids is 1. The summed E-state index contributed by atoms with van der Waals surface area (Å²) in [6.07, 6.45) is 0.0850. The fourth-order valence-electron chi connectivity index (χ4n) is 1.90. The highest BCUT2D eigenvalue weighted by molar-refractivity contribution is 6.35. The van der Waals surface area contributed by atoms with Gasteiger partial charge in [0.1, 0.15) is 0 Å². The zero-order valence-electron chi connectivity index (χ0n) is 9.90. The molecule has 0 saturated carbocycles. The average Bonchev–Trinajstić information content (AvgIpc) is 2.27. The molecule has 102 valence electrons. The molecule has 2 N–H and O–H groups in total. The van der Waals surface area contributed by atoms with E-state index < -0.39 is 5.97 Å². The van der Waals surface area contributed by atoms with E-state index in [0.29, 0.717) is 28.8 Å². The van der Waals surface area contributed by atoms with Crippen molar-refractivity contribution >= 4 is 40.9 Å². The molecule has 0 spiro atoms. The second-order valence-corrected chi connectivity index (χ2v) is 5.27. The number of carboxylic acids is 1. The predicted molar refractivity (Wildman–Crippen MR) is 72.8 cm³/mol. The summed E-state index contributed by atoms with van der Waals surface area (Å²) in [5, 5.41) is 12.2. The lowest BCUT2D eigenvalue weighted by molar-refractivity contribution is -0.139. The van der Waals surface area contributed by atoms with Crippen LogP contribution in [0.4, 0.5) is 10.5 Å². The van der Waals surface area contributed by atoms with Crippen LogP contribution >= 0.6 is 23.2 Å². The number of nitrogens with one attached hydrogen (secondary N) is 1. The van der Waals surface area contributed by atoms with Gasteiger partial charge in [-0.15, -0.1) is 0 Å². The molecule has 0 bridgehead atoms. The Morgan fingerprint density at radius 1 is 1.37 bits per heavy atom. The highest BCUT2D eigenvalue weighted by Gasteiger charge is 2.32. The number of nitrogens with zero attached hydrogens (tertiary/aromatic N) is 1. The van der Waals surface area contributed by atoms with Gasteiger partial charge in [-0.3, -0.25) is 4.79 Å². The van der Waals surface area contributed by atoms with E-state index in [2.05, 4.69) is 5.32 Å². The highest BCUT2D eigenvalue weighted by Crippen LogP contribution is 2.27. The number of carbonyl (C=O) groups is 2. The second-order valence-electron chi connectivity index (χ2n) is 4.42. The molecule has 1 aromatic carbocycles. The summed E-state index contributed by atoms with van der Waals surface area (Å²) in [7, 11) is 0. The number of rotatable bonds is 3. The van der Waals surface area contributed by atoms with Gasteiger partial charge in [0.2, 0.25) is 0 Å². The van der Waals surface area contributed by atoms with Crippen molar-refractivity contribution < 1.29 is 14.7 Å². The van der Waals surface area contributed by atoms with Crippen molar-refractivity contribution in [3.05, 3.63) is 28.2 Å². The Balaban J connectivity index is 1.89. The number of hydrogen-bond donors (Lipinski definition) is 2. The van der Waals surface area contributed by atoms with Gasteiger partial charge in [0.25, 0.3) is 0 Å². The smallest absolute Gasteiger partial charge is 0.321 e. The third-order valence-electron chi connectivity index (χ3n) is 2.88. The topological polar surface area (TPSA) is 69.6 Å². The number of hydrogen-bond acceptors (Lipinski definition) is 2. The SMILES string of the molecule is O=C(O)CC1CN(C(=O)Nc2cc(Cl)ccc2Cl)C1. The lowest BCUT2D eigenvalue weighted by Crippen LogP contribution is -2.52. The van der Waals surface area contributed by atoms with Gasteiger partial charge in [-0.25, -0.2) is 4.79 Å². The van der Waals surface area contributed by atoms with Crippen molar-refractivity contribution in [1.82, 2.24) is 4.90 Å². The second kappa shape index (κ2) is 5.67. The normalized spacial score (nSPS) is 14.9. The van der Waals surface area contributed by atoms with E-state index >= 15 is 0 Å². The number of amides is 2. The first-order chi connectivity index (χ1) is 8.95. The largest absolute Gasteiger partial charge is 0.481 e. The molecular formula is C12H12Cl2N2O3. The summed E-state index contributed by atoms with van der Waals surface area (Å²) in [5.74, 6) is -0.818. The summed E-state index contributed by atoms with van der Waals surface area (Å²) in [5.41, 5.74) is 0.445. The molecule has 2 rings (SSSR count). The highest BCUT2D eigenvalue weighted by atomic mass is 35.5. The number of benzene rings is 1. The molecule has 0 radical (unpaired) electrons. The van der Waals surface area contributed by atoms with Gasteiger partial charge in [0, 0.05) is 24.0 Å². The number of likely N-dealkylation sites (tertiary alicyclic amines) is 1. The fraction of sp³-hybridized carbons (Fsp3) is 0.333. The number of halogens is 2. The molecule has 1 heterocycles. The summed E-state index contributed by atoms with van der Waals surface area (Å²) in [6, 6.07) is 4.50. The van der Waals surface area contributed by atoms with Crippen LogP contribution in [-0.2, 0) is 4.79 Å². The minimum Gasteiger partial charge on any atom is -0.481 e. The summed E-state index contributed by atoms with van der Waals surface area (Å²) in [6.45, 7) is 0.882. The Kier molecular flexibility index (Phi) is 4.17. The van der Waals surface area contributed by atoms with Crippen molar-refractivity contribution in [1.29, 1.82) is 0 Å². The van der Waals surface area contributed by atoms with Gasteiger partial charge in [0.15, 0.2) is 0 Å². The maximum atomic E-state index is 11.9. The number of urea groups is 1. The summed E-state index contributed by atoms with van der Waals surface area (Å²) >= 11 is 11.8. The quantitative estimate of drug-likeness (QED) is 0.902. The Morgan fingerprint density at radius 2 is 2.05 bits per heavy atom. The van der Waals surface area contributed by atoms with E-state index in [9.17, 15) is 9.59 Å². The maximum absolute atomic E-state index is 11.9. The van der Waals surface area contributed by atoms with E-state index in [1.54, 1.807) is 18.2 Å². The first kappa shape index (κ1) is 14.0. The van der Waals surface area contributed by atoms with Crippen LogP contribution in [0.5, 0.6) is 0 Å². The molecule has 0 atom stereocenters. The van der Waals surface area contributed by atoms with E-state index in [-0.39, 0.29) is 18.4 Å². The zero-order valence-corrected chi connectivity index (χ0v) is 11.4. The van der Waals surface area contributed by atoms with Crippen LogP contribution in [0, 0.1) is 5.92 Å². The summed E-state index contributed by atoms with van der Waals surface area (Å²) < 4.78 is 0. The number of anilines is 1. The molecule has 1 aliphatic heterocycles. The zero-order chi connectivity index (χ0) is 14.0. The van der Waals surface area contributed by atoms with E-state index in [1.165, 1.54) is 4.90 Å². The Morgan fingerprint density at radius 3 is 2.68 bits per heavy atom. The Labute approximate surface area is 120 Å². The standard InChI is InChI=1S/C12H12Cl2N2O3/c13-8-1-2-9(14)10(4-8)15-12(19)16-5-7(6-16)3-11(17)18/h1-2,4,7H,3,5-6H2,(H,15,19)(H,17,18). The first-order valence-corrected chi connectivity index (χ1v) is 6.44. The molecule has 19 heavy (non-hydrogen) atoms. The molecule has 7 heteroatoms. The van der Waals surface area contributed by atoms with Crippen molar-refractivity contribution in [2.45, 2.75) is 6.42 Å². The van der Waals surface area contributed by atoms with E-state index in [4.69, 9.17) is 28.3 Å². The van der Waals surface area contributed by atoms with Crippen molar-refractivity contribution in [2.24, 2.45) is 5.92 Å². The maximum Gasteiger partial charge on any atom is 0.321 e. The Bertz CT molecular complexity index is 516. The van der Waals surface area contributed by atoms with Gasteiger partial charge in [-0.05, 0) is 18.2 Å². The third kappa shape index (κ3) is 3.52. The van der Waals surface area contributed by atoms with Crippen molar-refractivity contribution in [2.75, 3.05) is 18.4 Å².